The van der Waals surface area contributed by atoms with Crippen molar-refractivity contribution in [3.63, 3.8) is 0 Å². The molecule has 1 aliphatic rings. The second-order valence-corrected chi connectivity index (χ2v) is 6.32. The van der Waals surface area contributed by atoms with Gasteiger partial charge in [-0.05, 0) is 35.4 Å². The number of aromatic carboxylic acids is 1. The summed E-state index contributed by atoms with van der Waals surface area (Å²) in [4.78, 5) is 36.8. The number of amides is 2. The van der Waals surface area contributed by atoms with Crippen molar-refractivity contribution in [2.75, 3.05) is 5.32 Å². The van der Waals surface area contributed by atoms with Crippen molar-refractivity contribution < 1.29 is 19.5 Å². The maximum Gasteiger partial charge on any atom is 0.279 e. The summed E-state index contributed by atoms with van der Waals surface area (Å²) in [5.41, 5.74) is 0.831. The van der Waals surface area contributed by atoms with Gasteiger partial charge in [0.05, 0.1) is 12.5 Å². The number of rotatable bonds is 5. The van der Waals surface area contributed by atoms with Crippen molar-refractivity contribution in [2.24, 2.45) is 0 Å². The molecular weight excluding hydrogens is 379 g/mol. The Morgan fingerprint density at radius 2 is 1.73 bits per heavy atom. The van der Waals surface area contributed by atoms with Crippen molar-refractivity contribution in [1.29, 1.82) is 0 Å². The third-order valence-corrected chi connectivity index (χ3v) is 4.34. The number of hydrogen-bond acceptors (Lipinski definition) is 5. The van der Waals surface area contributed by atoms with Crippen LogP contribution < -0.4 is 10.4 Å². The molecule has 1 N–H and O–H groups in total. The minimum Gasteiger partial charge on any atom is -0.545 e. The Morgan fingerprint density at radius 1 is 1.04 bits per heavy atom. The standard InChI is InChI=1S/C18H12Cl2N2O4/c19-12-6-4-10(5-7-12)9-22-16(23)14(20)15(17(22)24)21-13-3-1-2-11(8-13)18(25)26/h1-8,21H,9H2,(H,25,26)/p-1. The summed E-state index contributed by atoms with van der Waals surface area (Å²) in [5, 5.41) is 13.9. The zero-order chi connectivity index (χ0) is 18.8. The lowest BCUT2D eigenvalue weighted by molar-refractivity contribution is -0.255. The first-order chi connectivity index (χ1) is 12.4. The predicted molar refractivity (Wildman–Crippen MR) is 94.3 cm³/mol. The van der Waals surface area contributed by atoms with Gasteiger partial charge in [-0.3, -0.25) is 14.5 Å². The number of anilines is 1. The molecule has 0 aromatic heterocycles. The molecule has 2 aromatic carbocycles. The molecule has 0 spiro atoms. The molecule has 132 valence electrons. The van der Waals surface area contributed by atoms with Gasteiger partial charge in [-0.2, -0.15) is 0 Å². The molecule has 0 atom stereocenters. The summed E-state index contributed by atoms with van der Waals surface area (Å²) < 4.78 is 0. The van der Waals surface area contributed by atoms with Crippen LogP contribution in [0.3, 0.4) is 0 Å². The number of carbonyl (C=O) groups excluding carboxylic acids is 3. The van der Waals surface area contributed by atoms with Gasteiger partial charge >= 0.3 is 0 Å². The molecule has 2 aromatic rings. The highest BCUT2D eigenvalue weighted by Crippen LogP contribution is 2.27. The fourth-order valence-corrected chi connectivity index (χ4v) is 2.80. The van der Waals surface area contributed by atoms with Crippen molar-refractivity contribution in [2.45, 2.75) is 6.54 Å². The number of carboxylic acids is 1. The van der Waals surface area contributed by atoms with E-state index in [-0.39, 0.29) is 22.8 Å². The van der Waals surface area contributed by atoms with Crippen LogP contribution >= 0.6 is 23.2 Å². The largest absolute Gasteiger partial charge is 0.545 e. The second-order valence-electron chi connectivity index (χ2n) is 5.51. The molecule has 0 saturated heterocycles. The fourth-order valence-electron chi connectivity index (χ4n) is 2.44. The molecule has 8 heteroatoms. The van der Waals surface area contributed by atoms with Crippen LogP contribution in [0, 0.1) is 0 Å². The molecule has 1 heterocycles. The topological polar surface area (TPSA) is 89.5 Å². The Labute approximate surface area is 158 Å². The number of imide groups is 1. The van der Waals surface area contributed by atoms with E-state index in [9.17, 15) is 19.5 Å². The number of carbonyl (C=O) groups is 3. The minimum absolute atomic E-state index is 0.0370. The van der Waals surface area contributed by atoms with Crippen LogP contribution in [0.4, 0.5) is 5.69 Å². The van der Waals surface area contributed by atoms with E-state index in [1.165, 1.54) is 18.2 Å². The maximum atomic E-state index is 12.6. The van der Waals surface area contributed by atoms with Gasteiger partial charge in [0.1, 0.15) is 10.7 Å². The van der Waals surface area contributed by atoms with Crippen LogP contribution in [-0.2, 0) is 16.1 Å². The molecule has 2 amide bonds. The van der Waals surface area contributed by atoms with E-state index in [0.29, 0.717) is 16.3 Å². The van der Waals surface area contributed by atoms with E-state index >= 15 is 0 Å². The number of nitrogens with zero attached hydrogens (tertiary/aromatic N) is 1. The quantitative estimate of drug-likeness (QED) is 0.791. The summed E-state index contributed by atoms with van der Waals surface area (Å²) >= 11 is 11.8. The predicted octanol–water partition coefficient (Wildman–Crippen LogP) is 2.13. The first-order valence-corrected chi connectivity index (χ1v) is 8.21. The van der Waals surface area contributed by atoms with E-state index in [1.807, 2.05) is 0 Å². The summed E-state index contributed by atoms with van der Waals surface area (Å²) in [7, 11) is 0. The highest BCUT2D eigenvalue weighted by Gasteiger charge is 2.37. The number of halogens is 2. The zero-order valence-electron chi connectivity index (χ0n) is 13.2. The SMILES string of the molecule is O=C([O-])c1cccc(NC2=C(Cl)C(=O)N(Cc3ccc(Cl)cc3)C2=O)c1. The van der Waals surface area contributed by atoms with Gasteiger partial charge < -0.3 is 15.2 Å². The van der Waals surface area contributed by atoms with Gasteiger partial charge in [0.25, 0.3) is 11.8 Å². The lowest BCUT2D eigenvalue weighted by Crippen LogP contribution is -2.31. The van der Waals surface area contributed by atoms with Crippen molar-refractivity contribution >= 4 is 46.7 Å². The van der Waals surface area contributed by atoms with E-state index in [1.54, 1.807) is 30.3 Å². The van der Waals surface area contributed by atoms with E-state index < -0.39 is 17.8 Å². The average molecular weight is 390 g/mol. The highest BCUT2D eigenvalue weighted by molar-refractivity contribution is 6.48. The summed E-state index contributed by atoms with van der Waals surface area (Å²) in [6.45, 7) is 0.0370. The lowest BCUT2D eigenvalue weighted by atomic mass is 10.2. The van der Waals surface area contributed by atoms with Gasteiger partial charge in [0.15, 0.2) is 0 Å². The number of hydrogen-bond donors (Lipinski definition) is 1. The third-order valence-electron chi connectivity index (χ3n) is 3.73. The van der Waals surface area contributed by atoms with Crippen LogP contribution in [0.1, 0.15) is 15.9 Å². The van der Waals surface area contributed by atoms with Gasteiger partial charge in [-0.25, -0.2) is 0 Å². The van der Waals surface area contributed by atoms with Gasteiger partial charge in [-0.1, -0.05) is 47.5 Å². The van der Waals surface area contributed by atoms with Gasteiger partial charge in [0.2, 0.25) is 0 Å². The molecule has 3 rings (SSSR count). The molecule has 0 radical (unpaired) electrons. The first kappa shape index (κ1) is 18.0. The number of benzene rings is 2. The van der Waals surface area contributed by atoms with Crippen LogP contribution in [0.15, 0.2) is 59.3 Å². The Bertz CT molecular complexity index is 938. The van der Waals surface area contributed by atoms with Crippen molar-refractivity contribution in [3.8, 4) is 0 Å². The van der Waals surface area contributed by atoms with Crippen molar-refractivity contribution in [3.05, 3.63) is 75.4 Å². The second kappa shape index (κ2) is 7.19. The molecule has 0 unspecified atom stereocenters. The minimum atomic E-state index is -1.35. The van der Waals surface area contributed by atoms with Crippen molar-refractivity contribution in [1.82, 2.24) is 4.90 Å². The average Bonchev–Trinajstić information content (AvgIpc) is 2.82. The number of nitrogens with one attached hydrogen (secondary N) is 1. The van der Waals surface area contributed by atoms with E-state index in [4.69, 9.17) is 23.2 Å². The maximum absolute atomic E-state index is 12.6. The Balaban J connectivity index is 1.81. The summed E-state index contributed by atoms with van der Waals surface area (Å²) in [5.74, 6) is -2.59. The molecular formula is C18H11Cl2N2O4-. The molecule has 0 bridgehead atoms. The third kappa shape index (κ3) is 3.56. The highest BCUT2D eigenvalue weighted by atomic mass is 35.5. The van der Waals surface area contributed by atoms with Gasteiger partial charge in [0, 0.05) is 10.7 Å². The van der Waals surface area contributed by atoms with E-state index in [2.05, 4.69) is 5.32 Å². The Hall–Kier alpha value is -2.83. The summed E-state index contributed by atoms with van der Waals surface area (Å²) in [6, 6.07) is 12.4. The normalized spacial score (nSPS) is 14.2. The lowest BCUT2D eigenvalue weighted by Gasteiger charge is -2.15. The molecule has 1 aliphatic heterocycles. The molecule has 0 fully saturated rings. The van der Waals surface area contributed by atoms with Gasteiger partial charge in [-0.15, -0.1) is 0 Å². The first-order valence-electron chi connectivity index (χ1n) is 7.45. The summed E-state index contributed by atoms with van der Waals surface area (Å²) in [6.07, 6.45) is 0. The van der Waals surface area contributed by atoms with E-state index in [0.717, 1.165) is 4.90 Å². The van der Waals surface area contributed by atoms with Crippen LogP contribution in [0.5, 0.6) is 0 Å². The Morgan fingerprint density at radius 3 is 2.38 bits per heavy atom. The molecule has 6 nitrogen and oxygen atoms in total. The molecule has 0 aliphatic carbocycles. The molecule has 0 saturated carbocycles. The zero-order valence-corrected chi connectivity index (χ0v) is 14.7. The smallest absolute Gasteiger partial charge is 0.279 e. The Kier molecular flexibility index (Phi) is 4.97. The monoisotopic (exact) mass is 389 g/mol. The fraction of sp³-hybridized carbons (Fsp3) is 0.0556. The van der Waals surface area contributed by atoms with Crippen LogP contribution in [0.2, 0.25) is 5.02 Å². The number of carboxylic acid groups (broad SMARTS) is 1. The molecule has 26 heavy (non-hydrogen) atoms. The van der Waals surface area contributed by atoms with Crippen LogP contribution in [-0.4, -0.2) is 22.7 Å². The van der Waals surface area contributed by atoms with Crippen LogP contribution in [0.25, 0.3) is 0 Å².